The minimum Gasteiger partial charge on any atom is -0.445 e. The van der Waals surface area contributed by atoms with E-state index in [1.54, 1.807) is 0 Å². The second-order valence-corrected chi connectivity index (χ2v) is 5.73. The van der Waals surface area contributed by atoms with Crippen LogP contribution in [0.1, 0.15) is 22.8 Å². The summed E-state index contributed by atoms with van der Waals surface area (Å²) in [6.45, 7) is -0.148. The van der Waals surface area contributed by atoms with Crippen molar-refractivity contribution in [3.63, 3.8) is 0 Å². The first-order chi connectivity index (χ1) is 12.0. The highest BCUT2D eigenvalue weighted by atomic mass is 35.5. The van der Waals surface area contributed by atoms with Crippen LogP contribution in [0, 0.1) is 11.3 Å². The van der Waals surface area contributed by atoms with E-state index in [2.05, 4.69) is 5.32 Å². The van der Waals surface area contributed by atoms with E-state index in [0.717, 1.165) is 5.56 Å². The summed E-state index contributed by atoms with van der Waals surface area (Å²) in [5, 5.41) is 32.0. The lowest BCUT2D eigenvalue weighted by Gasteiger charge is -2.19. The number of hydrogen-bond donors (Lipinski definition) is 3. The van der Waals surface area contributed by atoms with E-state index in [0.29, 0.717) is 5.02 Å². The van der Waals surface area contributed by atoms with Crippen LogP contribution in [0.4, 0.5) is 4.79 Å². The van der Waals surface area contributed by atoms with Gasteiger partial charge in [-0.1, -0.05) is 41.9 Å². The Balaban J connectivity index is 1.87. The van der Waals surface area contributed by atoms with Gasteiger partial charge in [0.2, 0.25) is 0 Å². The monoisotopic (exact) mass is 360 g/mol. The molecule has 0 bridgehead atoms. The lowest BCUT2D eigenvalue weighted by molar-refractivity contribution is 0.0182. The highest BCUT2D eigenvalue weighted by molar-refractivity contribution is 6.30. The molecule has 0 heterocycles. The molecule has 0 saturated heterocycles. The second-order valence-electron chi connectivity index (χ2n) is 5.30. The molecule has 0 aliphatic carbocycles. The quantitative estimate of drug-likeness (QED) is 0.734. The van der Waals surface area contributed by atoms with Crippen LogP contribution < -0.4 is 5.32 Å². The molecule has 2 aromatic carbocycles. The molecule has 130 valence electrons. The summed E-state index contributed by atoms with van der Waals surface area (Å²) >= 11 is 5.86. The number of halogens is 1. The fourth-order valence-electron chi connectivity index (χ4n) is 2.16. The number of benzene rings is 2. The van der Waals surface area contributed by atoms with Gasteiger partial charge in [-0.2, -0.15) is 5.26 Å². The Morgan fingerprint density at radius 2 is 1.96 bits per heavy atom. The maximum atomic E-state index is 11.7. The van der Waals surface area contributed by atoms with Gasteiger partial charge < -0.3 is 20.3 Å². The Hall–Kier alpha value is -2.59. The number of nitrogens with zero attached hydrogens (tertiary/aromatic N) is 1. The number of alkyl carbamates (subject to hydrolysis) is 1. The number of ether oxygens (including phenoxy) is 1. The van der Waals surface area contributed by atoms with Gasteiger partial charge in [-0.15, -0.1) is 0 Å². The first-order valence-corrected chi connectivity index (χ1v) is 7.89. The molecular formula is C18H17ClN2O4. The lowest BCUT2D eigenvalue weighted by atomic mass is 9.99. The molecule has 3 N–H and O–H groups in total. The minimum absolute atomic E-state index is 0.0954. The summed E-state index contributed by atoms with van der Waals surface area (Å²) < 4.78 is 5.01. The molecule has 6 nitrogen and oxygen atoms in total. The summed E-state index contributed by atoms with van der Waals surface area (Å²) in [4.78, 5) is 11.7. The number of aliphatic hydroxyl groups excluding tert-OH is 2. The van der Waals surface area contributed by atoms with Crippen LogP contribution >= 0.6 is 11.6 Å². The maximum Gasteiger partial charge on any atom is 0.407 e. The number of amides is 1. The third-order valence-corrected chi connectivity index (χ3v) is 3.72. The van der Waals surface area contributed by atoms with Gasteiger partial charge in [0.15, 0.2) is 0 Å². The van der Waals surface area contributed by atoms with Gasteiger partial charge in [-0.25, -0.2) is 4.79 Å². The molecule has 0 spiro atoms. The molecule has 1 amide bonds. The van der Waals surface area contributed by atoms with E-state index in [1.165, 1.54) is 18.2 Å². The Bertz CT molecular complexity index is 761. The van der Waals surface area contributed by atoms with Crippen LogP contribution in [0.25, 0.3) is 0 Å². The topological polar surface area (TPSA) is 103 Å². The summed E-state index contributed by atoms with van der Waals surface area (Å²) in [7, 11) is 0. The third kappa shape index (κ3) is 5.47. The van der Waals surface area contributed by atoms with Crippen molar-refractivity contribution >= 4 is 17.7 Å². The Labute approximate surface area is 150 Å². The van der Waals surface area contributed by atoms with E-state index in [4.69, 9.17) is 21.6 Å². The van der Waals surface area contributed by atoms with Crippen LogP contribution in [0.5, 0.6) is 0 Å². The van der Waals surface area contributed by atoms with Crippen LogP contribution in [0.3, 0.4) is 0 Å². The van der Waals surface area contributed by atoms with Gasteiger partial charge in [0.25, 0.3) is 0 Å². The normalized spacial score (nSPS) is 12.7. The number of nitriles is 1. The van der Waals surface area contributed by atoms with Crippen molar-refractivity contribution < 1.29 is 19.7 Å². The standard InChI is InChI=1S/C18H17ClN2O4/c19-14-7-6-13(9-20)15(8-14)17(23)16(22)10-21-18(24)25-11-12-4-2-1-3-5-12/h1-8,16-17,22-23H,10-11H2,(H,21,24). The summed E-state index contributed by atoms with van der Waals surface area (Å²) in [5.41, 5.74) is 1.22. The molecule has 7 heteroatoms. The van der Waals surface area contributed by atoms with Crippen LogP contribution in [0.2, 0.25) is 5.02 Å². The average molecular weight is 361 g/mol. The van der Waals surface area contributed by atoms with E-state index in [1.807, 2.05) is 36.4 Å². The molecule has 0 radical (unpaired) electrons. The molecule has 25 heavy (non-hydrogen) atoms. The fourth-order valence-corrected chi connectivity index (χ4v) is 2.34. The van der Waals surface area contributed by atoms with E-state index in [-0.39, 0.29) is 24.3 Å². The molecule has 0 aromatic heterocycles. The summed E-state index contributed by atoms with van der Waals surface area (Å²) in [5.74, 6) is 0. The van der Waals surface area contributed by atoms with Gasteiger partial charge in [-0.05, 0) is 23.8 Å². The van der Waals surface area contributed by atoms with Crippen molar-refractivity contribution in [2.24, 2.45) is 0 Å². The van der Waals surface area contributed by atoms with Gasteiger partial charge >= 0.3 is 6.09 Å². The summed E-state index contributed by atoms with van der Waals surface area (Å²) in [6.07, 6.45) is -3.42. The number of carbonyl (C=O) groups excluding carboxylic acids is 1. The third-order valence-electron chi connectivity index (χ3n) is 3.49. The van der Waals surface area contributed by atoms with Gasteiger partial charge in [0.05, 0.1) is 11.6 Å². The zero-order valence-electron chi connectivity index (χ0n) is 13.2. The zero-order chi connectivity index (χ0) is 18.2. The van der Waals surface area contributed by atoms with Crippen molar-refractivity contribution in [2.45, 2.75) is 18.8 Å². The lowest BCUT2D eigenvalue weighted by Crippen LogP contribution is -2.36. The Kier molecular flexibility index (Phi) is 6.78. The first kappa shape index (κ1) is 18.7. The number of rotatable bonds is 6. The van der Waals surface area contributed by atoms with Crippen molar-refractivity contribution in [2.75, 3.05) is 6.54 Å². The number of nitrogens with one attached hydrogen (secondary N) is 1. The second kappa shape index (κ2) is 9.04. The molecule has 0 aliphatic heterocycles. The molecular weight excluding hydrogens is 344 g/mol. The largest absolute Gasteiger partial charge is 0.445 e. The van der Waals surface area contributed by atoms with E-state index >= 15 is 0 Å². The molecule has 0 saturated carbocycles. The van der Waals surface area contributed by atoms with Crippen molar-refractivity contribution in [1.29, 1.82) is 5.26 Å². The highest BCUT2D eigenvalue weighted by Gasteiger charge is 2.22. The van der Waals surface area contributed by atoms with Crippen molar-refractivity contribution in [3.05, 3.63) is 70.2 Å². The minimum atomic E-state index is -1.37. The Morgan fingerprint density at radius 1 is 1.24 bits per heavy atom. The molecule has 0 fully saturated rings. The highest BCUT2D eigenvalue weighted by Crippen LogP contribution is 2.24. The molecule has 2 rings (SSSR count). The number of hydrogen-bond acceptors (Lipinski definition) is 5. The summed E-state index contributed by atoms with van der Waals surface area (Å²) in [6, 6.07) is 15.4. The zero-order valence-corrected chi connectivity index (χ0v) is 14.0. The SMILES string of the molecule is N#Cc1ccc(Cl)cc1C(O)C(O)CNC(=O)OCc1ccccc1. The van der Waals surface area contributed by atoms with Gasteiger partial charge in [0, 0.05) is 17.1 Å². The average Bonchev–Trinajstić information content (AvgIpc) is 2.64. The number of carbonyl (C=O) groups is 1. The van der Waals surface area contributed by atoms with Crippen LogP contribution in [-0.4, -0.2) is 29.0 Å². The predicted octanol–water partition coefficient (Wildman–Crippen LogP) is 2.53. The van der Waals surface area contributed by atoms with E-state index < -0.39 is 18.3 Å². The smallest absolute Gasteiger partial charge is 0.407 e. The van der Waals surface area contributed by atoms with Crippen LogP contribution in [0.15, 0.2) is 48.5 Å². The Morgan fingerprint density at radius 3 is 2.64 bits per heavy atom. The van der Waals surface area contributed by atoms with Crippen molar-refractivity contribution in [3.8, 4) is 6.07 Å². The van der Waals surface area contributed by atoms with Crippen molar-refractivity contribution in [1.82, 2.24) is 5.32 Å². The number of aliphatic hydroxyl groups is 2. The van der Waals surface area contributed by atoms with E-state index in [9.17, 15) is 15.0 Å². The molecule has 2 atom stereocenters. The van der Waals surface area contributed by atoms with Gasteiger partial charge in [0.1, 0.15) is 18.8 Å². The maximum absolute atomic E-state index is 11.7. The fraction of sp³-hybridized carbons (Fsp3) is 0.222. The predicted molar refractivity (Wildman–Crippen MR) is 91.8 cm³/mol. The molecule has 2 unspecified atom stereocenters. The molecule has 0 aliphatic rings. The molecule has 2 aromatic rings. The van der Waals surface area contributed by atoms with Crippen LogP contribution in [-0.2, 0) is 11.3 Å². The van der Waals surface area contributed by atoms with Gasteiger partial charge in [-0.3, -0.25) is 0 Å². The first-order valence-electron chi connectivity index (χ1n) is 7.51.